The van der Waals surface area contributed by atoms with Gasteiger partial charge in [0.15, 0.2) is 0 Å². The van der Waals surface area contributed by atoms with Crippen LogP contribution in [0.15, 0.2) is 47.4 Å². The third-order valence-corrected chi connectivity index (χ3v) is 8.55. The number of imidazole rings is 1. The first kappa shape index (κ1) is 25.3. The number of sulfonamides is 1. The molecule has 2 aromatic carbocycles. The maximum Gasteiger partial charge on any atom is 0.242 e. The lowest BCUT2D eigenvalue weighted by Gasteiger charge is -2.27. The van der Waals surface area contributed by atoms with E-state index in [1.807, 2.05) is 17.7 Å². The second kappa shape index (κ2) is 10.9. The highest BCUT2D eigenvalue weighted by Gasteiger charge is 2.19. The fourth-order valence-electron chi connectivity index (χ4n) is 4.57. The summed E-state index contributed by atoms with van der Waals surface area (Å²) in [5.74, 6) is 0.723. The first-order valence-corrected chi connectivity index (χ1v) is 13.6. The second-order valence-electron chi connectivity index (χ2n) is 9.41. The molecular formula is C26H35N5O3S. The summed E-state index contributed by atoms with van der Waals surface area (Å²) in [6.45, 7) is 3.72. The van der Waals surface area contributed by atoms with Gasteiger partial charge in [0.05, 0.1) is 15.9 Å². The summed E-state index contributed by atoms with van der Waals surface area (Å²) in [6.07, 6.45) is 4.62. The van der Waals surface area contributed by atoms with Crippen molar-refractivity contribution in [2.45, 2.75) is 50.1 Å². The van der Waals surface area contributed by atoms with Gasteiger partial charge < -0.3 is 9.88 Å². The Hall–Kier alpha value is -2.75. The Morgan fingerprint density at radius 2 is 1.77 bits per heavy atom. The lowest BCUT2D eigenvalue weighted by molar-refractivity contribution is -0.121. The number of nitrogens with zero attached hydrogens (tertiary/aromatic N) is 4. The number of hydrogen-bond acceptors (Lipinski definition) is 5. The predicted octanol–water partition coefficient (Wildman–Crippen LogP) is 3.06. The van der Waals surface area contributed by atoms with Crippen LogP contribution in [0.5, 0.6) is 0 Å². The van der Waals surface area contributed by atoms with Crippen molar-refractivity contribution in [3.05, 3.63) is 59.4 Å². The molecule has 2 heterocycles. The van der Waals surface area contributed by atoms with Crippen molar-refractivity contribution in [2.75, 3.05) is 27.2 Å². The molecule has 1 aliphatic rings. The van der Waals surface area contributed by atoms with E-state index in [1.54, 1.807) is 18.2 Å². The molecule has 1 fully saturated rings. The SMILES string of the molecule is CN(C)S(=O)(=O)c1ccc2c(c1)nc(CCC(=O)NCc1ccccc1CN1CCCCC1)n2C. The molecule has 188 valence electrons. The number of likely N-dealkylation sites (tertiary alicyclic amines) is 1. The number of benzene rings is 2. The Morgan fingerprint density at radius 3 is 2.49 bits per heavy atom. The maximum atomic E-state index is 12.6. The molecule has 1 N–H and O–H groups in total. The van der Waals surface area contributed by atoms with Crippen LogP contribution in [0.4, 0.5) is 0 Å². The average molecular weight is 498 g/mol. The van der Waals surface area contributed by atoms with E-state index in [2.05, 4.69) is 33.4 Å². The summed E-state index contributed by atoms with van der Waals surface area (Å²) in [7, 11) is 1.38. The van der Waals surface area contributed by atoms with E-state index in [0.717, 1.165) is 36.5 Å². The lowest BCUT2D eigenvalue weighted by atomic mass is 10.0. The molecule has 0 bridgehead atoms. The van der Waals surface area contributed by atoms with Gasteiger partial charge in [-0.25, -0.2) is 17.7 Å². The Bertz CT molecular complexity index is 1290. The number of aromatic nitrogens is 2. The zero-order chi connectivity index (χ0) is 25.0. The number of piperidine rings is 1. The van der Waals surface area contributed by atoms with Crippen LogP contribution in [-0.4, -0.2) is 60.3 Å². The Balaban J connectivity index is 1.37. The minimum absolute atomic E-state index is 0.0271. The van der Waals surface area contributed by atoms with Gasteiger partial charge in [-0.15, -0.1) is 0 Å². The number of carbonyl (C=O) groups is 1. The summed E-state index contributed by atoms with van der Waals surface area (Å²) in [6, 6.07) is 13.3. The number of nitrogens with one attached hydrogen (secondary N) is 1. The van der Waals surface area contributed by atoms with Gasteiger partial charge in [0.1, 0.15) is 5.82 Å². The van der Waals surface area contributed by atoms with E-state index in [0.29, 0.717) is 24.9 Å². The van der Waals surface area contributed by atoms with Crippen LogP contribution in [0.3, 0.4) is 0 Å². The molecule has 0 radical (unpaired) electrons. The molecule has 35 heavy (non-hydrogen) atoms. The maximum absolute atomic E-state index is 12.6. The molecule has 0 unspecified atom stereocenters. The van der Waals surface area contributed by atoms with Gasteiger partial charge in [0.2, 0.25) is 15.9 Å². The van der Waals surface area contributed by atoms with Crippen molar-refractivity contribution in [2.24, 2.45) is 7.05 Å². The molecule has 1 amide bonds. The predicted molar refractivity (Wildman–Crippen MR) is 137 cm³/mol. The number of fused-ring (bicyclic) bond motifs is 1. The normalized spacial score (nSPS) is 15.1. The third kappa shape index (κ3) is 5.91. The summed E-state index contributed by atoms with van der Waals surface area (Å²) < 4.78 is 28.0. The van der Waals surface area contributed by atoms with Gasteiger partial charge in [-0.3, -0.25) is 9.69 Å². The van der Waals surface area contributed by atoms with Gasteiger partial charge in [-0.2, -0.15) is 0 Å². The summed E-state index contributed by atoms with van der Waals surface area (Å²) in [5.41, 5.74) is 3.87. The number of hydrogen-bond donors (Lipinski definition) is 1. The third-order valence-electron chi connectivity index (χ3n) is 6.74. The number of amides is 1. The Morgan fingerprint density at radius 1 is 1.06 bits per heavy atom. The van der Waals surface area contributed by atoms with E-state index in [-0.39, 0.29) is 10.8 Å². The van der Waals surface area contributed by atoms with Crippen molar-refractivity contribution in [3.8, 4) is 0 Å². The highest BCUT2D eigenvalue weighted by Crippen LogP contribution is 2.22. The van der Waals surface area contributed by atoms with Gasteiger partial charge >= 0.3 is 0 Å². The van der Waals surface area contributed by atoms with Crippen molar-refractivity contribution in [3.63, 3.8) is 0 Å². The van der Waals surface area contributed by atoms with Crippen molar-refractivity contribution in [1.82, 2.24) is 24.1 Å². The largest absolute Gasteiger partial charge is 0.352 e. The Labute approximate surface area is 208 Å². The molecule has 9 heteroatoms. The van der Waals surface area contributed by atoms with Crippen LogP contribution < -0.4 is 5.32 Å². The topological polar surface area (TPSA) is 87.5 Å². The zero-order valence-electron chi connectivity index (χ0n) is 20.8. The van der Waals surface area contributed by atoms with Crippen LogP contribution in [-0.2, 0) is 41.4 Å². The van der Waals surface area contributed by atoms with Gasteiger partial charge in [-0.05, 0) is 55.3 Å². The molecule has 8 nitrogen and oxygen atoms in total. The monoisotopic (exact) mass is 497 g/mol. The number of rotatable bonds is 9. The molecule has 0 saturated carbocycles. The number of carbonyl (C=O) groups excluding carboxylic acids is 1. The zero-order valence-corrected chi connectivity index (χ0v) is 21.6. The van der Waals surface area contributed by atoms with Crippen molar-refractivity contribution >= 4 is 27.0 Å². The molecule has 0 aliphatic carbocycles. The first-order valence-electron chi connectivity index (χ1n) is 12.2. The minimum Gasteiger partial charge on any atom is -0.352 e. The fraction of sp³-hybridized carbons (Fsp3) is 0.462. The van der Waals surface area contributed by atoms with Crippen molar-refractivity contribution in [1.29, 1.82) is 0 Å². The molecule has 3 aromatic rings. The standard InChI is InChI=1S/C26H35N5O3S/c1-29(2)35(33,34)22-11-12-24-23(17-22)28-25(30(24)3)13-14-26(32)27-18-20-9-5-6-10-21(20)19-31-15-7-4-8-16-31/h5-6,9-12,17H,4,7-8,13-16,18-19H2,1-3H3,(H,27,32). The molecule has 1 aliphatic heterocycles. The van der Waals surface area contributed by atoms with Gasteiger partial charge in [-0.1, -0.05) is 30.7 Å². The first-order chi connectivity index (χ1) is 16.8. The van der Waals surface area contributed by atoms with Crippen LogP contribution in [0.2, 0.25) is 0 Å². The number of aryl methyl sites for hydroxylation is 2. The summed E-state index contributed by atoms with van der Waals surface area (Å²) in [4.78, 5) is 19.9. The van der Waals surface area contributed by atoms with Crippen LogP contribution in [0.1, 0.15) is 42.6 Å². The second-order valence-corrected chi connectivity index (χ2v) is 11.6. The van der Waals surface area contributed by atoms with E-state index in [4.69, 9.17) is 0 Å². The molecule has 1 aromatic heterocycles. The Kier molecular flexibility index (Phi) is 7.88. The molecular weight excluding hydrogens is 462 g/mol. The van der Waals surface area contributed by atoms with Gasteiger partial charge in [0.25, 0.3) is 0 Å². The van der Waals surface area contributed by atoms with E-state index < -0.39 is 10.0 Å². The fourth-order valence-corrected chi connectivity index (χ4v) is 5.50. The minimum atomic E-state index is -3.53. The van der Waals surface area contributed by atoms with E-state index in [1.165, 1.54) is 43.2 Å². The lowest BCUT2D eigenvalue weighted by Crippen LogP contribution is -2.30. The van der Waals surface area contributed by atoms with Gasteiger partial charge in [0, 0.05) is 47.1 Å². The molecule has 4 rings (SSSR count). The highest BCUT2D eigenvalue weighted by molar-refractivity contribution is 7.89. The van der Waals surface area contributed by atoms with Crippen LogP contribution >= 0.6 is 0 Å². The summed E-state index contributed by atoms with van der Waals surface area (Å²) in [5, 5.41) is 3.06. The van der Waals surface area contributed by atoms with E-state index in [9.17, 15) is 13.2 Å². The molecule has 0 atom stereocenters. The van der Waals surface area contributed by atoms with Crippen molar-refractivity contribution < 1.29 is 13.2 Å². The molecule has 0 spiro atoms. The quantitative estimate of drug-likeness (QED) is 0.491. The smallest absolute Gasteiger partial charge is 0.242 e. The average Bonchev–Trinajstić information content (AvgIpc) is 3.17. The summed E-state index contributed by atoms with van der Waals surface area (Å²) >= 11 is 0. The van der Waals surface area contributed by atoms with Crippen LogP contribution in [0, 0.1) is 0 Å². The van der Waals surface area contributed by atoms with Crippen LogP contribution in [0.25, 0.3) is 11.0 Å². The molecule has 1 saturated heterocycles. The van der Waals surface area contributed by atoms with E-state index >= 15 is 0 Å². The highest BCUT2D eigenvalue weighted by atomic mass is 32.2.